The maximum atomic E-state index is 12.2. The van der Waals surface area contributed by atoms with Gasteiger partial charge in [0, 0.05) is 43.0 Å². The van der Waals surface area contributed by atoms with E-state index in [9.17, 15) is 9.59 Å². The van der Waals surface area contributed by atoms with Gasteiger partial charge >= 0.3 is 0 Å². The predicted octanol–water partition coefficient (Wildman–Crippen LogP) is 1.95. The first-order valence-electron chi connectivity index (χ1n) is 9.33. The molecule has 1 aliphatic heterocycles. The van der Waals surface area contributed by atoms with Crippen LogP contribution in [0.3, 0.4) is 0 Å². The second kappa shape index (κ2) is 7.50. The van der Waals surface area contributed by atoms with Gasteiger partial charge in [0.05, 0.1) is 5.69 Å². The van der Waals surface area contributed by atoms with Crippen LogP contribution in [-0.2, 0) is 12.0 Å². The Labute approximate surface area is 159 Å². The molecule has 144 valence electrons. The molecule has 0 unspecified atom stereocenters. The molecular formula is C20H27N5O2. The number of carbonyl (C=O) groups excluding carboxylic acids is 1. The topological polar surface area (TPSA) is 94.1 Å². The van der Waals surface area contributed by atoms with Crippen molar-refractivity contribution in [1.82, 2.24) is 14.8 Å². The molecule has 0 aliphatic carbocycles. The second-order valence-corrected chi connectivity index (χ2v) is 8.18. The number of rotatable bonds is 4. The van der Waals surface area contributed by atoms with E-state index in [0.717, 1.165) is 37.3 Å². The van der Waals surface area contributed by atoms with Crippen LogP contribution in [0.25, 0.3) is 0 Å². The summed E-state index contributed by atoms with van der Waals surface area (Å²) in [7, 11) is 0. The highest BCUT2D eigenvalue weighted by molar-refractivity contribution is 5.91. The lowest BCUT2D eigenvalue weighted by Gasteiger charge is -2.33. The van der Waals surface area contributed by atoms with Crippen LogP contribution in [0.5, 0.6) is 0 Å². The third-order valence-electron chi connectivity index (χ3n) is 5.04. The van der Waals surface area contributed by atoms with Gasteiger partial charge < -0.3 is 10.6 Å². The van der Waals surface area contributed by atoms with E-state index in [0.29, 0.717) is 12.5 Å². The van der Waals surface area contributed by atoms with Crippen molar-refractivity contribution in [3.05, 3.63) is 52.2 Å². The van der Waals surface area contributed by atoms with Crippen molar-refractivity contribution in [1.29, 1.82) is 0 Å². The van der Waals surface area contributed by atoms with Crippen LogP contribution in [-0.4, -0.2) is 33.8 Å². The highest BCUT2D eigenvalue weighted by atomic mass is 16.1. The molecule has 0 atom stereocenters. The average Bonchev–Trinajstić information content (AvgIpc) is 2.63. The lowest BCUT2D eigenvalue weighted by Crippen LogP contribution is -2.37. The molecule has 3 rings (SSSR count). The van der Waals surface area contributed by atoms with Crippen molar-refractivity contribution in [2.45, 2.75) is 45.6 Å². The standard InChI is InChI=1S/C20H27N5O2/c1-20(2,3)17-4-5-18(26)25(23-17)13-14-7-10-24(11-8-14)15-6-9-22-16(12-15)19(21)27/h4-6,9,12,14H,7-8,10-11,13H2,1-3H3,(H2,21,27). The van der Waals surface area contributed by atoms with Gasteiger partial charge in [-0.05, 0) is 37.0 Å². The largest absolute Gasteiger partial charge is 0.371 e. The molecule has 1 fully saturated rings. The van der Waals surface area contributed by atoms with Crippen molar-refractivity contribution in [2.75, 3.05) is 18.0 Å². The maximum Gasteiger partial charge on any atom is 0.267 e. The highest BCUT2D eigenvalue weighted by Gasteiger charge is 2.22. The summed E-state index contributed by atoms with van der Waals surface area (Å²) in [5.41, 5.74) is 7.35. The van der Waals surface area contributed by atoms with Gasteiger partial charge in [0.2, 0.25) is 0 Å². The minimum atomic E-state index is -0.518. The summed E-state index contributed by atoms with van der Waals surface area (Å²) in [4.78, 5) is 29.7. The Kier molecular flexibility index (Phi) is 5.30. The van der Waals surface area contributed by atoms with E-state index in [4.69, 9.17) is 5.73 Å². The molecule has 7 heteroatoms. The summed E-state index contributed by atoms with van der Waals surface area (Å²) in [6, 6.07) is 7.07. The molecule has 27 heavy (non-hydrogen) atoms. The smallest absolute Gasteiger partial charge is 0.267 e. The third kappa shape index (κ3) is 4.53. The molecule has 1 saturated heterocycles. The Morgan fingerprint density at radius 1 is 1.22 bits per heavy atom. The molecule has 2 aromatic rings. The summed E-state index contributed by atoms with van der Waals surface area (Å²) >= 11 is 0. The highest BCUT2D eigenvalue weighted by Crippen LogP contribution is 2.24. The number of hydrogen-bond acceptors (Lipinski definition) is 5. The van der Waals surface area contributed by atoms with Gasteiger partial charge in [-0.3, -0.25) is 14.6 Å². The van der Waals surface area contributed by atoms with Crippen LogP contribution in [0.1, 0.15) is 49.8 Å². The Morgan fingerprint density at radius 3 is 2.56 bits per heavy atom. The van der Waals surface area contributed by atoms with Gasteiger partial charge in [-0.2, -0.15) is 5.10 Å². The molecule has 0 spiro atoms. The van der Waals surface area contributed by atoms with Gasteiger partial charge in [0.15, 0.2) is 0 Å². The number of carbonyl (C=O) groups is 1. The fourth-order valence-corrected chi connectivity index (χ4v) is 3.35. The number of aromatic nitrogens is 3. The number of pyridine rings is 1. The van der Waals surface area contributed by atoms with E-state index < -0.39 is 5.91 Å². The van der Waals surface area contributed by atoms with Crippen molar-refractivity contribution in [3.8, 4) is 0 Å². The first-order chi connectivity index (χ1) is 12.7. The monoisotopic (exact) mass is 369 g/mol. The average molecular weight is 369 g/mol. The molecule has 1 aliphatic rings. The van der Waals surface area contributed by atoms with Crippen molar-refractivity contribution < 1.29 is 4.79 Å². The Morgan fingerprint density at radius 2 is 1.93 bits per heavy atom. The Hall–Kier alpha value is -2.70. The van der Waals surface area contributed by atoms with Gasteiger partial charge in [-0.15, -0.1) is 0 Å². The molecule has 2 N–H and O–H groups in total. The Bertz CT molecular complexity index is 876. The van der Waals surface area contributed by atoms with Crippen LogP contribution in [0.4, 0.5) is 5.69 Å². The van der Waals surface area contributed by atoms with E-state index in [1.807, 2.05) is 12.1 Å². The first-order valence-corrected chi connectivity index (χ1v) is 9.33. The minimum Gasteiger partial charge on any atom is -0.371 e. The number of hydrogen-bond donors (Lipinski definition) is 1. The quantitative estimate of drug-likeness (QED) is 0.889. The van der Waals surface area contributed by atoms with Crippen molar-refractivity contribution >= 4 is 11.6 Å². The zero-order valence-corrected chi connectivity index (χ0v) is 16.2. The summed E-state index contributed by atoms with van der Waals surface area (Å²) < 4.78 is 1.61. The lowest BCUT2D eigenvalue weighted by molar-refractivity contribution is 0.0995. The fourth-order valence-electron chi connectivity index (χ4n) is 3.35. The summed E-state index contributed by atoms with van der Waals surface area (Å²) in [5.74, 6) is -0.116. The number of amides is 1. The van der Waals surface area contributed by atoms with Gasteiger partial charge in [-0.25, -0.2) is 4.68 Å². The number of nitrogens with two attached hydrogens (primary N) is 1. The van der Waals surface area contributed by atoms with Gasteiger partial charge in [0.1, 0.15) is 5.69 Å². The summed E-state index contributed by atoms with van der Waals surface area (Å²) in [6.07, 6.45) is 3.53. The van der Waals surface area contributed by atoms with E-state index in [-0.39, 0.29) is 16.7 Å². The third-order valence-corrected chi connectivity index (χ3v) is 5.04. The number of anilines is 1. The van der Waals surface area contributed by atoms with E-state index >= 15 is 0 Å². The zero-order chi connectivity index (χ0) is 19.6. The van der Waals surface area contributed by atoms with Crippen molar-refractivity contribution in [2.24, 2.45) is 11.7 Å². The second-order valence-electron chi connectivity index (χ2n) is 8.18. The predicted molar refractivity (Wildman–Crippen MR) is 105 cm³/mol. The van der Waals surface area contributed by atoms with Crippen LogP contribution >= 0.6 is 0 Å². The molecule has 1 amide bonds. The molecule has 7 nitrogen and oxygen atoms in total. The molecule has 0 saturated carbocycles. The van der Waals surface area contributed by atoms with Crippen LogP contribution in [0, 0.1) is 5.92 Å². The lowest BCUT2D eigenvalue weighted by atomic mass is 9.92. The molecule has 0 aromatic carbocycles. The van der Waals surface area contributed by atoms with Crippen LogP contribution in [0.15, 0.2) is 35.3 Å². The fraction of sp³-hybridized carbons (Fsp3) is 0.500. The molecule has 0 bridgehead atoms. The number of nitrogens with zero attached hydrogens (tertiary/aromatic N) is 4. The van der Waals surface area contributed by atoms with E-state index in [1.165, 1.54) is 0 Å². The van der Waals surface area contributed by atoms with Gasteiger partial charge in [0.25, 0.3) is 11.5 Å². The molecule has 2 aromatic heterocycles. The van der Waals surface area contributed by atoms with Gasteiger partial charge in [-0.1, -0.05) is 20.8 Å². The molecular weight excluding hydrogens is 342 g/mol. The maximum absolute atomic E-state index is 12.2. The van der Waals surface area contributed by atoms with E-state index in [2.05, 4.69) is 35.8 Å². The number of primary amides is 1. The summed E-state index contributed by atoms with van der Waals surface area (Å²) in [6.45, 7) is 8.65. The van der Waals surface area contributed by atoms with Crippen LogP contribution < -0.4 is 16.2 Å². The van der Waals surface area contributed by atoms with Crippen LogP contribution in [0.2, 0.25) is 0 Å². The zero-order valence-electron chi connectivity index (χ0n) is 16.2. The van der Waals surface area contributed by atoms with E-state index in [1.54, 1.807) is 23.0 Å². The Balaban J connectivity index is 1.66. The summed E-state index contributed by atoms with van der Waals surface area (Å²) in [5, 5.41) is 4.58. The normalized spacial score (nSPS) is 15.7. The van der Waals surface area contributed by atoms with Crippen molar-refractivity contribution in [3.63, 3.8) is 0 Å². The minimum absolute atomic E-state index is 0.0503. The SMILES string of the molecule is CC(C)(C)c1ccc(=O)n(CC2CCN(c3ccnc(C(N)=O)c3)CC2)n1. The number of piperidine rings is 1. The molecule has 3 heterocycles. The first kappa shape index (κ1) is 19.1. The molecule has 0 radical (unpaired) electrons.